The third-order valence-electron chi connectivity index (χ3n) is 3.74. The Morgan fingerprint density at radius 2 is 2.27 bits per heavy atom. The second-order valence-corrected chi connectivity index (χ2v) is 5.11. The van der Waals surface area contributed by atoms with E-state index in [0.717, 1.165) is 31.7 Å². The molecule has 1 aromatic rings. The SMILES string of the molecule is COC(=O)c1cnc(NC2CCCCC2C#N)c([N+](=O)[O-])c1. The number of rotatable bonds is 4. The lowest BCUT2D eigenvalue weighted by molar-refractivity contribution is -0.384. The maximum absolute atomic E-state index is 11.4. The van der Waals surface area contributed by atoms with Gasteiger partial charge in [0.15, 0.2) is 0 Å². The van der Waals surface area contributed by atoms with Gasteiger partial charge in [-0.05, 0) is 12.8 Å². The molecular weight excluding hydrogens is 288 g/mol. The highest BCUT2D eigenvalue weighted by Gasteiger charge is 2.28. The first kappa shape index (κ1) is 15.7. The van der Waals surface area contributed by atoms with Crippen molar-refractivity contribution in [2.45, 2.75) is 31.7 Å². The van der Waals surface area contributed by atoms with Gasteiger partial charge >= 0.3 is 11.7 Å². The number of ether oxygens (including phenoxy) is 1. The van der Waals surface area contributed by atoms with Crippen molar-refractivity contribution in [1.82, 2.24) is 4.98 Å². The second kappa shape index (κ2) is 6.85. The zero-order valence-corrected chi connectivity index (χ0v) is 12.1. The summed E-state index contributed by atoms with van der Waals surface area (Å²) < 4.78 is 4.53. The number of nitriles is 1. The van der Waals surface area contributed by atoms with Crippen LogP contribution in [0.15, 0.2) is 12.3 Å². The number of methoxy groups -OCH3 is 1. The summed E-state index contributed by atoms with van der Waals surface area (Å²) in [4.78, 5) is 26.0. The van der Waals surface area contributed by atoms with Crippen molar-refractivity contribution in [3.05, 3.63) is 27.9 Å². The van der Waals surface area contributed by atoms with Gasteiger partial charge in [-0.15, -0.1) is 0 Å². The number of aromatic nitrogens is 1. The molecule has 8 heteroatoms. The number of nitrogens with one attached hydrogen (secondary N) is 1. The molecule has 2 unspecified atom stereocenters. The van der Waals surface area contributed by atoms with Gasteiger partial charge in [0.2, 0.25) is 5.82 Å². The van der Waals surface area contributed by atoms with Crippen molar-refractivity contribution in [3.63, 3.8) is 0 Å². The van der Waals surface area contributed by atoms with E-state index in [9.17, 15) is 14.9 Å². The Labute approximate surface area is 127 Å². The molecule has 1 fully saturated rings. The first-order valence-corrected chi connectivity index (χ1v) is 6.95. The van der Waals surface area contributed by atoms with Crippen LogP contribution in [0.3, 0.4) is 0 Å². The van der Waals surface area contributed by atoms with E-state index in [0.29, 0.717) is 0 Å². The summed E-state index contributed by atoms with van der Waals surface area (Å²) in [6.07, 6.45) is 4.69. The van der Waals surface area contributed by atoms with E-state index in [-0.39, 0.29) is 29.0 Å². The minimum atomic E-state index is -0.685. The summed E-state index contributed by atoms with van der Waals surface area (Å²) in [6, 6.07) is 3.19. The third-order valence-corrected chi connectivity index (χ3v) is 3.74. The van der Waals surface area contributed by atoms with Gasteiger partial charge < -0.3 is 10.1 Å². The molecule has 0 spiro atoms. The lowest BCUT2D eigenvalue weighted by Gasteiger charge is -2.27. The fraction of sp³-hybridized carbons (Fsp3) is 0.500. The Kier molecular flexibility index (Phi) is 4.88. The Morgan fingerprint density at radius 1 is 1.55 bits per heavy atom. The van der Waals surface area contributed by atoms with Crippen LogP contribution in [0.4, 0.5) is 11.5 Å². The van der Waals surface area contributed by atoms with Crippen LogP contribution in [0.2, 0.25) is 0 Å². The lowest BCUT2D eigenvalue weighted by atomic mass is 9.85. The number of hydrogen-bond acceptors (Lipinski definition) is 7. The summed E-state index contributed by atoms with van der Waals surface area (Å²) in [5.41, 5.74) is -0.287. The number of hydrogen-bond donors (Lipinski definition) is 1. The van der Waals surface area contributed by atoms with Crippen LogP contribution >= 0.6 is 0 Å². The van der Waals surface area contributed by atoms with Gasteiger partial charge in [0.1, 0.15) is 0 Å². The number of nitro groups is 1. The fourth-order valence-electron chi connectivity index (χ4n) is 2.57. The van der Waals surface area contributed by atoms with E-state index in [2.05, 4.69) is 21.1 Å². The quantitative estimate of drug-likeness (QED) is 0.515. The largest absolute Gasteiger partial charge is 0.465 e. The van der Waals surface area contributed by atoms with Crippen molar-refractivity contribution in [1.29, 1.82) is 5.26 Å². The minimum absolute atomic E-state index is 0.0141. The topological polar surface area (TPSA) is 118 Å². The smallest absolute Gasteiger partial charge is 0.339 e. The molecule has 22 heavy (non-hydrogen) atoms. The van der Waals surface area contributed by atoms with Gasteiger partial charge in [0.25, 0.3) is 0 Å². The highest BCUT2D eigenvalue weighted by Crippen LogP contribution is 2.30. The Hall–Kier alpha value is -2.69. The Morgan fingerprint density at radius 3 is 2.91 bits per heavy atom. The van der Waals surface area contributed by atoms with E-state index in [1.807, 2.05) is 0 Å². The standard InChI is InChI=1S/C14H16N4O4/c1-22-14(19)10-6-12(18(20)21)13(16-8-10)17-11-5-3-2-4-9(11)7-15/h6,8-9,11H,2-5H2,1H3,(H,16,17). The molecule has 0 bridgehead atoms. The zero-order chi connectivity index (χ0) is 16.1. The molecule has 0 amide bonds. The van der Waals surface area contributed by atoms with Gasteiger partial charge in [-0.2, -0.15) is 5.26 Å². The number of nitrogens with zero attached hydrogens (tertiary/aromatic N) is 3. The van der Waals surface area contributed by atoms with Crippen molar-refractivity contribution < 1.29 is 14.5 Å². The van der Waals surface area contributed by atoms with E-state index < -0.39 is 10.9 Å². The molecule has 1 N–H and O–H groups in total. The number of carbonyl (C=O) groups is 1. The molecule has 1 heterocycles. The molecule has 2 atom stereocenters. The van der Waals surface area contributed by atoms with Crippen LogP contribution in [0.5, 0.6) is 0 Å². The van der Waals surface area contributed by atoms with E-state index in [1.54, 1.807) is 0 Å². The molecule has 0 saturated heterocycles. The Balaban J connectivity index is 2.28. The number of esters is 1. The van der Waals surface area contributed by atoms with Crippen molar-refractivity contribution in [2.75, 3.05) is 12.4 Å². The predicted octanol–water partition coefficient (Wildman–Crippen LogP) is 2.27. The summed E-state index contributed by atoms with van der Waals surface area (Å²) in [5.74, 6) is -0.810. The summed E-state index contributed by atoms with van der Waals surface area (Å²) in [6.45, 7) is 0. The summed E-state index contributed by atoms with van der Waals surface area (Å²) in [7, 11) is 1.19. The number of pyridine rings is 1. The molecule has 116 valence electrons. The lowest BCUT2D eigenvalue weighted by Crippen LogP contribution is -2.32. The minimum Gasteiger partial charge on any atom is -0.465 e. The van der Waals surface area contributed by atoms with Gasteiger partial charge in [-0.3, -0.25) is 10.1 Å². The van der Waals surface area contributed by atoms with Crippen molar-refractivity contribution in [3.8, 4) is 6.07 Å². The summed E-state index contributed by atoms with van der Waals surface area (Å²) in [5, 5.41) is 23.3. The van der Waals surface area contributed by atoms with Gasteiger partial charge in [-0.25, -0.2) is 9.78 Å². The maximum atomic E-state index is 11.4. The van der Waals surface area contributed by atoms with Gasteiger partial charge in [-0.1, -0.05) is 12.8 Å². The molecule has 1 saturated carbocycles. The van der Waals surface area contributed by atoms with Crippen LogP contribution < -0.4 is 5.32 Å². The molecule has 1 aliphatic rings. The zero-order valence-electron chi connectivity index (χ0n) is 12.1. The van der Waals surface area contributed by atoms with Crippen LogP contribution in [-0.2, 0) is 4.74 Å². The second-order valence-electron chi connectivity index (χ2n) is 5.11. The van der Waals surface area contributed by atoms with Crippen LogP contribution in [-0.4, -0.2) is 29.0 Å². The van der Waals surface area contributed by atoms with Crippen molar-refractivity contribution >= 4 is 17.5 Å². The van der Waals surface area contributed by atoms with E-state index >= 15 is 0 Å². The average molecular weight is 304 g/mol. The van der Waals surface area contributed by atoms with Gasteiger partial charge in [0.05, 0.1) is 29.6 Å². The highest BCUT2D eigenvalue weighted by atomic mass is 16.6. The normalized spacial score (nSPS) is 20.7. The number of carbonyl (C=O) groups excluding carboxylic acids is 1. The molecule has 8 nitrogen and oxygen atoms in total. The Bertz CT molecular complexity index is 626. The van der Waals surface area contributed by atoms with Crippen LogP contribution in [0, 0.1) is 27.4 Å². The highest BCUT2D eigenvalue weighted by molar-refractivity contribution is 5.90. The molecule has 1 aliphatic carbocycles. The molecule has 0 radical (unpaired) electrons. The first-order chi connectivity index (χ1) is 10.6. The van der Waals surface area contributed by atoms with E-state index in [4.69, 9.17) is 5.26 Å². The first-order valence-electron chi connectivity index (χ1n) is 6.95. The van der Waals surface area contributed by atoms with Crippen LogP contribution in [0.1, 0.15) is 36.0 Å². The molecule has 1 aromatic heterocycles. The molecular formula is C14H16N4O4. The summed E-state index contributed by atoms with van der Waals surface area (Å²) >= 11 is 0. The molecule has 0 aliphatic heterocycles. The van der Waals surface area contributed by atoms with Crippen molar-refractivity contribution in [2.24, 2.45) is 5.92 Å². The van der Waals surface area contributed by atoms with Gasteiger partial charge in [0, 0.05) is 18.3 Å². The van der Waals surface area contributed by atoms with E-state index in [1.165, 1.54) is 13.3 Å². The maximum Gasteiger partial charge on any atom is 0.339 e. The molecule has 0 aromatic carbocycles. The fourth-order valence-corrected chi connectivity index (χ4v) is 2.57. The average Bonchev–Trinajstić information content (AvgIpc) is 2.54. The monoisotopic (exact) mass is 304 g/mol. The number of anilines is 1. The molecule has 2 rings (SSSR count). The third kappa shape index (κ3) is 3.31. The predicted molar refractivity (Wildman–Crippen MR) is 77.2 cm³/mol. The van der Waals surface area contributed by atoms with Crippen LogP contribution in [0.25, 0.3) is 0 Å².